The normalized spacial score (nSPS) is 20.2. The van der Waals surface area contributed by atoms with Gasteiger partial charge in [0.25, 0.3) is 5.91 Å². The van der Waals surface area contributed by atoms with Crippen molar-refractivity contribution in [2.45, 2.75) is 12.0 Å². The minimum atomic E-state index is -0.237. The lowest BCUT2D eigenvalue weighted by atomic mass is 9.94. The average Bonchev–Trinajstić information content (AvgIpc) is 3.26. The van der Waals surface area contributed by atoms with Crippen LogP contribution in [-0.4, -0.2) is 53.9 Å². The predicted molar refractivity (Wildman–Crippen MR) is 101 cm³/mol. The van der Waals surface area contributed by atoms with Crippen molar-refractivity contribution in [1.82, 2.24) is 14.8 Å². The van der Waals surface area contributed by atoms with Crippen molar-refractivity contribution in [3.63, 3.8) is 0 Å². The highest BCUT2D eigenvalue weighted by atomic mass is 19.1. The van der Waals surface area contributed by atoms with Crippen molar-refractivity contribution in [2.24, 2.45) is 0 Å². The number of carbonyl (C=O) groups excluding carboxylic acids is 1. The topological polar surface area (TPSA) is 39.3 Å². The number of nitrogens with one attached hydrogen (secondary N) is 1. The second-order valence-electron chi connectivity index (χ2n) is 7.17. The molecule has 4 rings (SSSR count). The lowest BCUT2D eigenvalue weighted by Gasteiger charge is -2.25. The van der Waals surface area contributed by atoms with Gasteiger partial charge in [0.2, 0.25) is 0 Å². The fourth-order valence-corrected chi connectivity index (χ4v) is 3.87. The van der Waals surface area contributed by atoms with E-state index in [4.69, 9.17) is 0 Å². The second-order valence-corrected chi connectivity index (χ2v) is 7.17. The van der Waals surface area contributed by atoms with Crippen molar-refractivity contribution >= 4 is 16.8 Å². The lowest BCUT2D eigenvalue weighted by Crippen LogP contribution is -2.35. The summed E-state index contributed by atoms with van der Waals surface area (Å²) < 4.78 is 13.3. The number of benzene rings is 2. The molecule has 1 aromatic heterocycles. The van der Waals surface area contributed by atoms with Gasteiger partial charge in [-0.3, -0.25) is 4.79 Å². The Bertz CT molecular complexity index is 899. The standard InChI is InChI=1S/C21H22FN3O/c1-24(2)20-13-25(12-17(20)14-7-9-16(22)10-8-14)21(26)19-11-15-5-3-4-6-18(15)23-19/h3-11,17,20,23H,12-13H2,1-2H3. The predicted octanol–water partition coefficient (Wildman–Crippen LogP) is 3.48. The molecule has 3 aromatic rings. The minimum Gasteiger partial charge on any atom is -0.351 e. The molecule has 0 radical (unpaired) electrons. The smallest absolute Gasteiger partial charge is 0.270 e. The summed E-state index contributed by atoms with van der Waals surface area (Å²) in [4.78, 5) is 20.3. The van der Waals surface area contributed by atoms with Crippen LogP contribution in [0.2, 0.25) is 0 Å². The lowest BCUT2D eigenvalue weighted by molar-refractivity contribution is 0.0777. The second kappa shape index (κ2) is 6.57. The number of nitrogens with zero attached hydrogens (tertiary/aromatic N) is 2. The number of likely N-dealkylation sites (tertiary alicyclic amines) is 1. The molecule has 1 N–H and O–H groups in total. The maximum absolute atomic E-state index is 13.3. The molecular formula is C21H22FN3O. The van der Waals surface area contributed by atoms with Crippen LogP contribution in [0.15, 0.2) is 54.6 Å². The number of rotatable bonds is 3. The fraction of sp³-hybridized carbons (Fsp3) is 0.286. The van der Waals surface area contributed by atoms with Crippen molar-refractivity contribution < 1.29 is 9.18 Å². The Morgan fingerprint density at radius 3 is 2.54 bits per heavy atom. The van der Waals surface area contributed by atoms with E-state index < -0.39 is 0 Å². The van der Waals surface area contributed by atoms with Crippen molar-refractivity contribution in [3.05, 3.63) is 71.7 Å². The molecule has 1 fully saturated rings. The summed E-state index contributed by atoms with van der Waals surface area (Å²) in [6.45, 7) is 1.28. The molecule has 2 atom stereocenters. The number of aromatic amines is 1. The minimum absolute atomic E-state index is 0.0117. The number of hydrogen-bond acceptors (Lipinski definition) is 2. The highest BCUT2D eigenvalue weighted by molar-refractivity contribution is 5.98. The summed E-state index contributed by atoms with van der Waals surface area (Å²) in [5.74, 6) is -0.0595. The van der Waals surface area contributed by atoms with Crippen LogP contribution in [0.1, 0.15) is 22.0 Å². The molecule has 0 saturated carbocycles. The number of aromatic nitrogens is 1. The Labute approximate surface area is 152 Å². The van der Waals surface area contributed by atoms with Gasteiger partial charge in [-0.15, -0.1) is 0 Å². The third kappa shape index (κ3) is 2.99. The van der Waals surface area contributed by atoms with Crippen molar-refractivity contribution in [1.29, 1.82) is 0 Å². The van der Waals surface area contributed by atoms with Gasteiger partial charge in [-0.2, -0.15) is 0 Å². The number of amides is 1. The SMILES string of the molecule is CN(C)C1CN(C(=O)c2cc3ccccc3[nH]2)CC1c1ccc(F)cc1. The molecule has 1 saturated heterocycles. The summed E-state index contributed by atoms with van der Waals surface area (Å²) >= 11 is 0. The molecule has 134 valence electrons. The van der Waals surface area contributed by atoms with Gasteiger partial charge in [0.15, 0.2) is 0 Å². The zero-order valence-corrected chi connectivity index (χ0v) is 14.9. The third-order valence-electron chi connectivity index (χ3n) is 5.30. The highest BCUT2D eigenvalue weighted by Crippen LogP contribution is 2.31. The molecule has 4 nitrogen and oxygen atoms in total. The zero-order valence-electron chi connectivity index (χ0n) is 14.9. The van der Waals surface area contributed by atoms with Gasteiger partial charge < -0.3 is 14.8 Å². The van der Waals surface area contributed by atoms with E-state index in [9.17, 15) is 9.18 Å². The molecule has 0 bridgehead atoms. The van der Waals surface area contributed by atoms with Gasteiger partial charge in [-0.25, -0.2) is 4.39 Å². The maximum Gasteiger partial charge on any atom is 0.270 e. The zero-order chi connectivity index (χ0) is 18.3. The number of H-pyrrole nitrogens is 1. The first-order valence-electron chi connectivity index (χ1n) is 8.82. The van der Waals surface area contributed by atoms with Gasteiger partial charge in [0.05, 0.1) is 0 Å². The van der Waals surface area contributed by atoms with E-state index in [0.29, 0.717) is 18.8 Å². The molecule has 1 amide bonds. The van der Waals surface area contributed by atoms with E-state index in [1.165, 1.54) is 12.1 Å². The Hall–Kier alpha value is -2.66. The van der Waals surface area contributed by atoms with Crippen LogP contribution in [0.4, 0.5) is 4.39 Å². The molecule has 2 heterocycles. The van der Waals surface area contributed by atoms with E-state index in [2.05, 4.69) is 9.88 Å². The molecule has 5 heteroatoms. The highest BCUT2D eigenvalue weighted by Gasteiger charge is 2.38. The number of para-hydroxylation sites is 1. The van der Waals surface area contributed by atoms with Gasteiger partial charge in [-0.05, 0) is 43.9 Å². The Morgan fingerprint density at radius 2 is 1.85 bits per heavy atom. The quantitative estimate of drug-likeness (QED) is 0.785. The number of fused-ring (bicyclic) bond motifs is 1. The van der Waals surface area contributed by atoms with Crippen LogP contribution in [0, 0.1) is 5.82 Å². The molecule has 2 aromatic carbocycles. The van der Waals surface area contributed by atoms with E-state index in [1.807, 2.05) is 61.5 Å². The third-order valence-corrected chi connectivity index (χ3v) is 5.30. The first-order valence-corrected chi connectivity index (χ1v) is 8.82. The number of likely N-dealkylation sites (N-methyl/N-ethyl adjacent to an activating group) is 1. The van der Waals surface area contributed by atoms with E-state index in [-0.39, 0.29) is 23.7 Å². The first-order chi connectivity index (χ1) is 12.5. The largest absolute Gasteiger partial charge is 0.351 e. The molecule has 1 aliphatic rings. The van der Waals surface area contributed by atoms with E-state index >= 15 is 0 Å². The number of carbonyl (C=O) groups is 1. The number of halogens is 1. The summed E-state index contributed by atoms with van der Waals surface area (Å²) in [5.41, 5.74) is 2.65. The van der Waals surface area contributed by atoms with Crippen LogP contribution in [0.3, 0.4) is 0 Å². The number of hydrogen-bond donors (Lipinski definition) is 1. The maximum atomic E-state index is 13.3. The molecule has 0 aliphatic carbocycles. The molecule has 2 unspecified atom stereocenters. The molecular weight excluding hydrogens is 329 g/mol. The van der Waals surface area contributed by atoms with Gasteiger partial charge in [0.1, 0.15) is 11.5 Å². The summed E-state index contributed by atoms with van der Waals surface area (Å²) in [5, 5.41) is 1.04. The molecule has 26 heavy (non-hydrogen) atoms. The van der Waals surface area contributed by atoms with Crippen LogP contribution in [-0.2, 0) is 0 Å². The molecule has 0 spiro atoms. The molecule has 1 aliphatic heterocycles. The monoisotopic (exact) mass is 351 g/mol. The van der Waals surface area contributed by atoms with Crippen molar-refractivity contribution in [3.8, 4) is 0 Å². The first kappa shape index (κ1) is 16.8. The summed E-state index contributed by atoms with van der Waals surface area (Å²) in [7, 11) is 4.05. The Morgan fingerprint density at radius 1 is 1.12 bits per heavy atom. The van der Waals surface area contributed by atoms with Crippen molar-refractivity contribution in [2.75, 3.05) is 27.2 Å². The van der Waals surface area contributed by atoms with Crippen LogP contribution in [0.5, 0.6) is 0 Å². The van der Waals surface area contributed by atoms with E-state index in [1.54, 1.807) is 0 Å². The summed E-state index contributed by atoms with van der Waals surface area (Å²) in [6.07, 6.45) is 0. The van der Waals surface area contributed by atoms with Gasteiger partial charge in [-0.1, -0.05) is 30.3 Å². The van der Waals surface area contributed by atoms with Crippen LogP contribution in [0.25, 0.3) is 10.9 Å². The average molecular weight is 351 g/mol. The fourth-order valence-electron chi connectivity index (χ4n) is 3.87. The Kier molecular flexibility index (Phi) is 4.24. The van der Waals surface area contributed by atoms with Crippen LogP contribution < -0.4 is 0 Å². The Balaban J connectivity index is 1.60. The summed E-state index contributed by atoms with van der Waals surface area (Å²) in [6, 6.07) is 16.6. The van der Waals surface area contributed by atoms with Gasteiger partial charge in [0, 0.05) is 36.0 Å². The van der Waals surface area contributed by atoms with Gasteiger partial charge >= 0.3 is 0 Å². The van der Waals surface area contributed by atoms with E-state index in [0.717, 1.165) is 16.5 Å². The van der Waals surface area contributed by atoms with Crippen LogP contribution >= 0.6 is 0 Å².